The average Bonchev–Trinajstić information content (AvgIpc) is 2.67. The molecule has 17 heavy (non-hydrogen) atoms. The van der Waals surface area contributed by atoms with Gasteiger partial charge < -0.3 is 5.11 Å². The van der Waals surface area contributed by atoms with Crippen molar-refractivity contribution < 1.29 is 9.90 Å². The molecule has 0 spiro atoms. The summed E-state index contributed by atoms with van der Waals surface area (Å²) in [5.74, 6) is -0.918. The Morgan fingerprint density at radius 1 is 1.53 bits per heavy atom. The molecule has 1 aliphatic heterocycles. The van der Waals surface area contributed by atoms with Crippen LogP contribution in [-0.4, -0.2) is 38.8 Å². The normalized spacial score (nSPS) is 16.2. The summed E-state index contributed by atoms with van der Waals surface area (Å²) in [6.45, 7) is 8.81. The van der Waals surface area contributed by atoms with Crippen LogP contribution in [0.15, 0.2) is 0 Å². The van der Waals surface area contributed by atoms with E-state index >= 15 is 0 Å². The highest BCUT2D eigenvalue weighted by Crippen LogP contribution is 2.24. The van der Waals surface area contributed by atoms with Gasteiger partial charge in [0.1, 0.15) is 0 Å². The molecular formula is C12H19N3O2. The van der Waals surface area contributed by atoms with E-state index in [9.17, 15) is 9.90 Å². The van der Waals surface area contributed by atoms with Crippen molar-refractivity contribution in [2.45, 2.75) is 39.8 Å². The molecule has 0 bridgehead atoms. The summed E-state index contributed by atoms with van der Waals surface area (Å²) in [6.07, 6.45) is 0.891. The van der Waals surface area contributed by atoms with Crippen LogP contribution >= 0.6 is 0 Å². The summed E-state index contributed by atoms with van der Waals surface area (Å²) in [4.78, 5) is 13.5. The highest BCUT2D eigenvalue weighted by Gasteiger charge is 2.27. The van der Waals surface area contributed by atoms with Crippen LogP contribution in [0.5, 0.6) is 0 Å². The minimum absolute atomic E-state index is 0.213. The summed E-state index contributed by atoms with van der Waals surface area (Å²) in [5.41, 5.74) is 2.23. The minimum Gasteiger partial charge on any atom is -0.476 e. The fourth-order valence-corrected chi connectivity index (χ4v) is 2.37. The number of carbonyl (C=O) groups is 1. The van der Waals surface area contributed by atoms with Gasteiger partial charge in [-0.05, 0) is 20.4 Å². The van der Waals surface area contributed by atoms with Crippen molar-refractivity contribution >= 4 is 5.97 Å². The minimum atomic E-state index is -0.918. The van der Waals surface area contributed by atoms with Crippen molar-refractivity contribution in [3.63, 3.8) is 0 Å². The van der Waals surface area contributed by atoms with Crippen LogP contribution in [0, 0.1) is 0 Å². The van der Waals surface area contributed by atoms with Gasteiger partial charge in [-0.15, -0.1) is 0 Å². The second kappa shape index (κ2) is 4.49. The summed E-state index contributed by atoms with van der Waals surface area (Å²) >= 11 is 0. The van der Waals surface area contributed by atoms with Gasteiger partial charge in [-0.1, -0.05) is 6.92 Å². The molecule has 2 heterocycles. The second-order valence-corrected chi connectivity index (χ2v) is 4.74. The summed E-state index contributed by atoms with van der Waals surface area (Å²) < 4.78 is 1.87. The summed E-state index contributed by atoms with van der Waals surface area (Å²) in [6, 6.07) is 0.213. The predicted molar refractivity (Wildman–Crippen MR) is 64.2 cm³/mol. The lowest BCUT2D eigenvalue weighted by molar-refractivity contribution is 0.0687. The Hall–Kier alpha value is -1.36. The molecule has 0 aromatic carbocycles. The number of carboxylic acid groups (broad SMARTS) is 1. The lowest BCUT2D eigenvalue weighted by Gasteiger charge is -2.26. The first kappa shape index (κ1) is 12.1. The molecule has 94 valence electrons. The monoisotopic (exact) mass is 237 g/mol. The van der Waals surface area contributed by atoms with E-state index in [-0.39, 0.29) is 11.7 Å². The summed E-state index contributed by atoms with van der Waals surface area (Å²) in [7, 11) is 0. The average molecular weight is 237 g/mol. The van der Waals surface area contributed by atoms with E-state index in [1.807, 2.05) is 18.5 Å². The van der Waals surface area contributed by atoms with E-state index in [1.54, 1.807) is 0 Å². The zero-order chi connectivity index (χ0) is 12.6. The van der Waals surface area contributed by atoms with E-state index in [2.05, 4.69) is 16.9 Å². The second-order valence-electron chi connectivity index (χ2n) is 4.74. The largest absolute Gasteiger partial charge is 0.476 e. The Labute approximate surface area is 101 Å². The molecule has 0 saturated carbocycles. The van der Waals surface area contributed by atoms with Crippen LogP contribution in [0.3, 0.4) is 0 Å². The number of carboxylic acids is 1. The third-order valence-electron chi connectivity index (χ3n) is 3.30. The molecule has 0 unspecified atom stereocenters. The lowest BCUT2D eigenvalue weighted by Crippen LogP contribution is -2.31. The number of hydrogen-bond acceptors (Lipinski definition) is 3. The molecule has 0 aliphatic carbocycles. The van der Waals surface area contributed by atoms with Crippen molar-refractivity contribution in [3.8, 4) is 0 Å². The Bertz CT molecular complexity index is 437. The van der Waals surface area contributed by atoms with Gasteiger partial charge in [-0.25, -0.2) is 4.79 Å². The molecule has 1 aromatic rings. The first-order valence-electron chi connectivity index (χ1n) is 6.10. The number of aromatic carboxylic acids is 1. The molecule has 1 N–H and O–H groups in total. The Morgan fingerprint density at radius 2 is 2.24 bits per heavy atom. The van der Waals surface area contributed by atoms with Gasteiger partial charge in [0.05, 0.1) is 0 Å². The van der Waals surface area contributed by atoms with E-state index < -0.39 is 5.97 Å². The Balaban J connectivity index is 2.46. The molecule has 0 saturated heterocycles. The lowest BCUT2D eigenvalue weighted by atomic mass is 10.0. The molecule has 1 aromatic heterocycles. The highest BCUT2D eigenvalue weighted by molar-refractivity contribution is 5.87. The van der Waals surface area contributed by atoms with Gasteiger partial charge in [0.2, 0.25) is 0 Å². The van der Waals surface area contributed by atoms with Crippen molar-refractivity contribution in [1.82, 2.24) is 14.7 Å². The molecule has 0 amide bonds. The van der Waals surface area contributed by atoms with Crippen molar-refractivity contribution in [3.05, 3.63) is 17.0 Å². The maximum atomic E-state index is 11.2. The number of fused-ring (bicyclic) bond motifs is 1. The molecule has 0 fully saturated rings. The zero-order valence-corrected chi connectivity index (χ0v) is 10.6. The van der Waals surface area contributed by atoms with Crippen LogP contribution in [0.2, 0.25) is 0 Å². The van der Waals surface area contributed by atoms with Crippen molar-refractivity contribution in [2.75, 3.05) is 13.1 Å². The van der Waals surface area contributed by atoms with Crippen LogP contribution in [0.25, 0.3) is 0 Å². The number of rotatable bonds is 3. The fraction of sp³-hybridized carbons (Fsp3) is 0.667. The van der Waals surface area contributed by atoms with Gasteiger partial charge in [0, 0.05) is 36.8 Å². The maximum Gasteiger partial charge on any atom is 0.356 e. The quantitative estimate of drug-likeness (QED) is 0.866. The molecule has 2 rings (SSSR count). The standard InChI is InChI=1S/C12H19N3O2/c1-4-14-6-5-10-9(7-14)11(12(16)17)13-15(10)8(2)3/h8H,4-7H2,1-3H3,(H,16,17). The van der Waals surface area contributed by atoms with Gasteiger partial charge in [-0.3, -0.25) is 9.58 Å². The Morgan fingerprint density at radius 3 is 2.76 bits per heavy atom. The van der Waals surface area contributed by atoms with Gasteiger partial charge in [0.25, 0.3) is 0 Å². The third-order valence-corrected chi connectivity index (χ3v) is 3.30. The first-order chi connectivity index (χ1) is 8.04. The van der Waals surface area contributed by atoms with Gasteiger partial charge >= 0.3 is 5.97 Å². The highest BCUT2D eigenvalue weighted by atomic mass is 16.4. The first-order valence-corrected chi connectivity index (χ1v) is 6.10. The predicted octanol–water partition coefficient (Wildman–Crippen LogP) is 1.54. The van der Waals surface area contributed by atoms with Gasteiger partial charge in [-0.2, -0.15) is 5.10 Å². The van der Waals surface area contributed by atoms with Crippen molar-refractivity contribution in [2.24, 2.45) is 0 Å². The van der Waals surface area contributed by atoms with E-state index in [1.165, 1.54) is 0 Å². The Kier molecular flexibility index (Phi) is 3.19. The number of aromatic nitrogens is 2. The topological polar surface area (TPSA) is 58.4 Å². The number of likely N-dealkylation sites (N-methyl/N-ethyl adjacent to an activating group) is 1. The van der Waals surface area contributed by atoms with E-state index in [4.69, 9.17) is 0 Å². The van der Waals surface area contributed by atoms with Crippen LogP contribution < -0.4 is 0 Å². The SMILES string of the molecule is CCN1CCc2c(c(C(=O)O)nn2C(C)C)C1. The van der Waals surface area contributed by atoms with Crippen LogP contribution in [0.4, 0.5) is 0 Å². The molecule has 0 atom stereocenters. The fourth-order valence-electron chi connectivity index (χ4n) is 2.37. The van der Waals surface area contributed by atoms with Crippen LogP contribution in [-0.2, 0) is 13.0 Å². The maximum absolute atomic E-state index is 11.2. The summed E-state index contributed by atoms with van der Waals surface area (Å²) in [5, 5.41) is 13.5. The zero-order valence-electron chi connectivity index (χ0n) is 10.6. The molecule has 5 nitrogen and oxygen atoms in total. The van der Waals surface area contributed by atoms with E-state index in [0.717, 1.165) is 30.8 Å². The van der Waals surface area contributed by atoms with Crippen LogP contribution in [0.1, 0.15) is 48.6 Å². The number of nitrogens with zero attached hydrogens (tertiary/aromatic N) is 3. The number of hydrogen-bond donors (Lipinski definition) is 1. The molecule has 0 radical (unpaired) electrons. The molecular weight excluding hydrogens is 218 g/mol. The smallest absolute Gasteiger partial charge is 0.356 e. The molecule has 5 heteroatoms. The molecule has 1 aliphatic rings. The third kappa shape index (κ3) is 2.07. The van der Waals surface area contributed by atoms with Crippen molar-refractivity contribution in [1.29, 1.82) is 0 Å². The van der Waals surface area contributed by atoms with E-state index in [0.29, 0.717) is 6.54 Å². The van der Waals surface area contributed by atoms with Gasteiger partial charge in [0.15, 0.2) is 5.69 Å².